The summed E-state index contributed by atoms with van der Waals surface area (Å²) >= 11 is 0. The van der Waals surface area contributed by atoms with E-state index in [4.69, 9.17) is 5.73 Å². The van der Waals surface area contributed by atoms with Gasteiger partial charge in [0, 0.05) is 13.1 Å². The van der Waals surface area contributed by atoms with Crippen molar-refractivity contribution in [3.05, 3.63) is 15.8 Å². The quantitative estimate of drug-likeness (QED) is 0.598. The van der Waals surface area contributed by atoms with Crippen LogP contribution in [0.2, 0.25) is 0 Å². The molecule has 1 aliphatic heterocycles. The maximum Gasteiger partial charge on any atom is 0.332 e. The van der Waals surface area contributed by atoms with E-state index >= 15 is 0 Å². The van der Waals surface area contributed by atoms with Crippen LogP contribution in [0.3, 0.4) is 0 Å². The molecular weight excluding hydrogens is 248 g/mol. The molecule has 8 heteroatoms. The molecule has 8 nitrogen and oxygen atoms in total. The third-order valence-electron chi connectivity index (χ3n) is 3.18. The summed E-state index contributed by atoms with van der Waals surface area (Å²) in [7, 11) is 0. The van der Waals surface area contributed by atoms with Gasteiger partial charge in [0.1, 0.15) is 5.69 Å². The lowest BCUT2D eigenvalue weighted by molar-refractivity contribution is -0.385. The molecule has 19 heavy (non-hydrogen) atoms. The molecule has 1 aromatic heterocycles. The van der Waals surface area contributed by atoms with Gasteiger partial charge in [-0.05, 0) is 32.9 Å². The van der Waals surface area contributed by atoms with E-state index in [1.807, 2.05) is 0 Å². The van der Waals surface area contributed by atoms with Crippen LogP contribution in [0.4, 0.5) is 17.5 Å². The van der Waals surface area contributed by atoms with Gasteiger partial charge in [0.15, 0.2) is 0 Å². The number of likely N-dealkylation sites (tertiary alicyclic amines) is 1. The molecule has 0 aliphatic carbocycles. The number of nitrogens with zero attached hydrogens (tertiary/aromatic N) is 4. The number of nitrogens with two attached hydrogens (primary N) is 1. The van der Waals surface area contributed by atoms with Crippen molar-refractivity contribution in [3.63, 3.8) is 0 Å². The molecule has 0 spiro atoms. The number of anilines is 2. The average Bonchev–Trinajstić information content (AvgIpc) is 2.80. The van der Waals surface area contributed by atoms with Gasteiger partial charge in [-0.3, -0.25) is 10.1 Å². The fourth-order valence-electron chi connectivity index (χ4n) is 2.27. The maximum absolute atomic E-state index is 11.0. The number of hydrogen-bond acceptors (Lipinski definition) is 7. The smallest absolute Gasteiger partial charge is 0.332 e. The number of nitro groups is 1. The molecule has 0 atom stereocenters. The van der Waals surface area contributed by atoms with E-state index in [2.05, 4.69) is 20.2 Å². The average molecular weight is 266 g/mol. The molecule has 3 N–H and O–H groups in total. The van der Waals surface area contributed by atoms with Gasteiger partial charge in [0.25, 0.3) is 0 Å². The topological polar surface area (TPSA) is 110 Å². The number of rotatable bonds is 5. The summed E-state index contributed by atoms with van der Waals surface area (Å²) in [6.45, 7) is 5.20. The van der Waals surface area contributed by atoms with Crippen LogP contribution >= 0.6 is 0 Å². The van der Waals surface area contributed by atoms with Crippen molar-refractivity contribution in [2.45, 2.75) is 19.8 Å². The summed E-state index contributed by atoms with van der Waals surface area (Å²) in [5, 5.41) is 14.0. The Labute approximate surface area is 111 Å². The Hall–Kier alpha value is -1.96. The monoisotopic (exact) mass is 266 g/mol. The van der Waals surface area contributed by atoms with Crippen LogP contribution in [0.15, 0.2) is 0 Å². The first kappa shape index (κ1) is 13.5. The van der Waals surface area contributed by atoms with Gasteiger partial charge in [0.2, 0.25) is 11.8 Å². The van der Waals surface area contributed by atoms with E-state index in [9.17, 15) is 10.1 Å². The molecule has 0 unspecified atom stereocenters. The molecule has 2 heterocycles. The fourth-order valence-corrected chi connectivity index (χ4v) is 2.27. The first-order valence-electron chi connectivity index (χ1n) is 6.32. The SMILES string of the molecule is Cc1nc(N)nc(NCCN2CCCC2)c1[N+](=O)[O-]. The second kappa shape index (κ2) is 5.79. The minimum Gasteiger partial charge on any atom is -0.368 e. The number of hydrogen-bond donors (Lipinski definition) is 2. The van der Waals surface area contributed by atoms with Crippen LogP contribution in [0.25, 0.3) is 0 Å². The first-order valence-corrected chi connectivity index (χ1v) is 6.32. The van der Waals surface area contributed by atoms with E-state index in [1.54, 1.807) is 6.92 Å². The Kier molecular flexibility index (Phi) is 4.10. The highest BCUT2D eigenvalue weighted by Crippen LogP contribution is 2.25. The van der Waals surface area contributed by atoms with Crippen LogP contribution in [0.1, 0.15) is 18.5 Å². The van der Waals surface area contributed by atoms with Crippen molar-refractivity contribution in [1.29, 1.82) is 0 Å². The molecule has 0 saturated carbocycles. The normalized spacial score (nSPS) is 15.6. The Morgan fingerprint density at radius 1 is 1.42 bits per heavy atom. The summed E-state index contributed by atoms with van der Waals surface area (Å²) in [5.74, 6) is 0.251. The number of nitrogen functional groups attached to an aromatic ring is 1. The van der Waals surface area contributed by atoms with Gasteiger partial charge >= 0.3 is 5.69 Å². The predicted octanol–water partition coefficient (Wildman–Crippen LogP) is 0.783. The summed E-state index contributed by atoms with van der Waals surface area (Å²) in [6, 6.07) is 0. The lowest BCUT2D eigenvalue weighted by Crippen LogP contribution is -2.26. The predicted molar refractivity (Wildman–Crippen MR) is 72.0 cm³/mol. The first-order chi connectivity index (χ1) is 9.08. The maximum atomic E-state index is 11.0. The fraction of sp³-hybridized carbons (Fsp3) is 0.636. The van der Waals surface area contributed by atoms with Crippen LogP contribution in [-0.2, 0) is 0 Å². The van der Waals surface area contributed by atoms with Crippen LogP contribution in [-0.4, -0.2) is 46.0 Å². The summed E-state index contributed by atoms with van der Waals surface area (Å²) in [5.41, 5.74) is 5.70. The molecule has 2 rings (SSSR count). The number of nitrogens with one attached hydrogen (secondary N) is 1. The molecule has 0 aromatic carbocycles. The highest BCUT2D eigenvalue weighted by atomic mass is 16.6. The third-order valence-corrected chi connectivity index (χ3v) is 3.18. The Morgan fingerprint density at radius 3 is 2.74 bits per heavy atom. The highest BCUT2D eigenvalue weighted by molar-refractivity contribution is 5.60. The lowest BCUT2D eigenvalue weighted by Gasteiger charge is -2.15. The second-order valence-corrected chi connectivity index (χ2v) is 4.60. The second-order valence-electron chi connectivity index (χ2n) is 4.60. The minimum absolute atomic E-state index is 0.0479. The van der Waals surface area contributed by atoms with Gasteiger partial charge in [-0.2, -0.15) is 4.98 Å². The van der Waals surface area contributed by atoms with Crippen molar-refractivity contribution in [2.24, 2.45) is 0 Å². The van der Waals surface area contributed by atoms with Crippen LogP contribution in [0, 0.1) is 17.0 Å². The van der Waals surface area contributed by atoms with E-state index in [1.165, 1.54) is 12.8 Å². The molecule has 1 aliphatic rings. The largest absolute Gasteiger partial charge is 0.368 e. The Morgan fingerprint density at radius 2 is 2.11 bits per heavy atom. The molecule has 1 aromatic rings. The molecular formula is C11H18N6O2. The summed E-state index contributed by atoms with van der Waals surface area (Å²) in [4.78, 5) is 20.6. The Balaban J connectivity index is 2.03. The molecule has 1 saturated heterocycles. The lowest BCUT2D eigenvalue weighted by atomic mass is 10.3. The zero-order valence-electron chi connectivity index (χ0n) is 10.9. The highest BCUT2D eigenvalue weighted by Gasteiger charge is 2.21. The number of aromatic nitrogens is 2. The van der Waals surface area contributed by atoms with Crippen molar-refractivity contribution >= 4 is 17.5 Å². The number of aryl methyl sites for hydroxylation is 1. The van der Waals surface area contributed by atoms with Crippen molar-refractivity contribution in [1.82, 2.24) is 14.9 Å². The van der Waals surface area contributed by atoms with Crippen molar-refractivity contribution in [3.8, 4) is 0 Å². The van der Waals surface area contributed by atoms with Gasteiger partial charge in [0.05, 0.1) is 4.92 Å². The third kappa shape index (κ3) is 3.28. The van der Waals surface area contributed by atoms with Gasteiger partial charge in [-0.25, -0.2) is 4.98 Å². The zero-order chi connectivity index (χ0) is 13.8. The van der Waals surface area contributed by atoms with E-state index in [0.29, 0.717) is 6.54 Å². The summed E-state index contributed by atoms with van der Waals surface area (Å²) < 4.78 is 0. The minimum atomic E-state index is -0.479. The molecule has 0 radical (unpaired) electrons. The molecule has 1 fully saturated rings. The molecule has 0 bridgehead atoms. The molecule has 0 amide bonds. The van der Waals surface area contributed by atoms with Gasteiger partial charge in [-0.1, -0.05) is 0 Å². The van der Waals surface area contributed by atoms with Crippen LogP contribution < -0.4 is 11.1 Å². The van der Waals surface area contributed by atoms with Crippen LogP contribution in [0.5, 0.6) is 0 Å². The van der Waals surface area contributed by atoms with E-state index in [-0.39, 0.29) is 23.1 Å². The molecule has 104 valence electrons. The van der Waals surface area contributed by atoms with E-state index in [0.717, 1.165) is 19.6 Å². The van der Waals surface area contributed by atoms with Gasteiger partial charge in [-0.15, -0.1) is 0 Å². The zero-order valence-corrected chi connectivity index (χ0v) is 10.9. The van der Waals surface area contributed by atoms with Crippen molar-refractivity contribution in [2.75, 3.05) is 37.2 Å². The van der Waals surface area contributed by atoms with Gasteiger partial charge < -0.3 is 16.0 Å². The summed E-state index contributed by atoms with van der Waals surface area (Å²) in [6.07, 6.45) is 2.44. The Bertz CT molecular complexity index is 472. The van der Waals surface area contributed by atoms with Crippen molar-refractivity contribution < 1.29 is 4.92 Å². The standard InChI is InChI=1S/C11H18N6O2/c1-8-9(17(18)19)10(15-11(12)14-8)13-4-7-16-5-2-3-6-16/h2-7H2,1H3,(H3,12,13,14,15). The van der Waals surface area contributed by atoms with E-state index < -0.39 is 4.92 Å².